The van der Waals surface area contributed by atoms with Crippen molar-refractivity contribution in [3.05, 3.63) is 58.0 Å². The number of carbonyl (C=O) groups excluding carboxylic acids is 2. The number of hydroxylamine groups is 4. The average Bonchev–Trinajstić information content (AvgIpc) is 3.73. The zero-order valence-electron chi connectivity index (χ0n) is 23.7. The number of carbonyl (C=O) groups is 2. The quantitative estimate of drug-likeness (QED) is 0.287. The third-order valence-corrected chi connectivity index (χ3v) is 7.79. The largest absolute Gasteiger partial charge is 0.397 e. The summed E-state index contributed by atoms with van der Waals surface area (Å²) in [5, 5.41) is 5.78. The van der Waals surface area contributed by atoms with Crippen LogP contribution in [0.4, 0.5) is 11.4 Å². The maximum Gasteiger partial charge on any atom is 0.326 e. The lowest BCUT2D eigenvalue weighted by Crippen LogP contribution is -2.25. The third-order valence-electron chi connectivity index (χ3n) is 7.79. The Balaban J connectivity index is 0.000000221. The summed E-state index contributed by atoms with van der Waals surface area (Å²) >= 11 is 0. The van der Waals surface area contributed by atoms with Crippen LogP contribution in [0.25, 0.3) is 11.0 Å². The fourth-order valence-electron chi connectivity index (χ4n) is 5.44. The number of aromatic amines is 1. The fourth-order valence-corrected chi connectivity index (χ4v) is 5.44. The number of hydrogen-bond acceptors (Lipinski definition) is 7. The summed E-state index contributed by atoms with van der Waals surface area (Å²) in [5.41, 5.74) is 9.99. The highest BCUT2D eigenvalue weighted by atomic mass is 16.7. The third kappa shape index (κ3) is 6.48. The summed E-state index contributed by atoms with van der Waals surface area (Å²) in [6.45, 7) is 0. The molecule has 2 amide bonds. The van der Waals surface area contributed by atoms with Crippen molar-refractivity contribution in [2.24, 2.45) is 0 Å². The Labute approximate surface area is 235 Å². The summed E-state index contributed by atoms with van der Waals surface area (Å²) in [7, 11) is 6.02. The zero-order chi connectivity index (χ0) is 28.8. The van der Waals surface area contributed by atoms with Gasteiger partial charge in [-0.1, -0.05) is 25.7 Å². The number of amides is 2. The van der Waals surface area contributed by atoms with E-state index in [1.807, 2.05) is 16.7 Å². The number of nitrogens with one attached hydrogen (secondary N) is 2. The van der Waals surface area contributed by atoms with Gasteiger partial charge in [0.15, 0.2) is 0 Å². The monoisotopic (exact) mass is 554 g/mol. The first-order chi connectivity index (χ1) is 19.2. The molecule has 11 heteroatoms. The van der Waals surface area contributed by atoms with Gasteiger partial charge in [-0.2, -0.15) is 0 Å². The SMILES string of the molecule is CON(C)C(=O)c1ccc(NC2CCCC2)c(N)c1.CON(C)C(=O)c1ccc2c(c1)[nH]c(=O)n2C1CCCC1.[HH]. The lowest BCUT2D eigenvalue weighted by Gasteiger charge is -2.17. The molecule has 0 spiro atoms. The van der Waals surface area contributed by atoms with Gasteiger partial charge in [-0.3, -0.25) is 23.8 Å². The number of rotatable bonds is 7. The van der Waals surface area contributed by atoms with E-state index in [4.69, 9.17) is 15.4 Å². The molecule has 1 heterocycles. The predicted molar refractivity (Wildman–Crippen MR) is 157 cm³/mol. The minimum absolute atomic E-state index is 0. The number of hydrogen-bond donors (Lipinski definition) is 3. The maximum atomic E-state index is 12.2. The molecule has 2 fully saturated rings. The number of anilines is 2. The van der Waals surface area contributed by atoms with Crippen molar-refractivity contribution in [1.29, 1.82) is 0 Å². The van der Waals surface area contributed by atoms with E-state index in [-0.39, 0.29) is 25.0 Å². The second-order valence-corrected chi connectivity index (χ2v) is 10.4. The standard InChI is InChI=1S/C15H19N3O3.C14H21N3O2.H2/c1-17(21-2)14(19)10-7-8-13-12(9-10)16-15(20)18(13)11-5-3-4-6-11;1-17(19-2)14(18)10-7-8-13(12(15)9-10)16-11-5-3-4-6-11;/h7-9,11H,3-6H2,1-2H3,(H,16,20);7-9,11,16H,3-6,15H2,1-2H3;1H. The maximum absolute atomic E-state index is 12.2. The zero-order valence-corrected chi connectivity index (χ0v) is 23.7. The van der Waals surface area contributed by atoms with Crippen LogP contribution in [0.3, 0.4) is 0 Å². The number of nitrogens with zero attached hydrogens (tertiary/aromatic N) is 3. The van der Waals surface area contributed by atoms with Gasteiger partial charge in [0, 0.05) is 38.7 Å². The van der Waals surface area contributed by atoms with Crippen molar-refractivity contribution in [2.75, 3.05) is 39.4 Å². The summed E-state index contributed by atoms with van der Waals surface area (Å²) in [6.07, 6.45) is 9.33. The van der Waals surface area contributed by atoms with E-state index in [0.717, 1.165) is 29.1 Å². The summed E-state index contributed by atoms with van der Waals surface area (Å²) in [5.74, 6) is -0.449. The first kappa shape index (κ1) is 29.2. The van der Waals surface area contributed by atoms with Gasteiger partial charge in [0.05, 0.1) is 36.6 Å². The highest BCUT2D eigenvalue weighted by molar-refractivity contribution is 5.97. The minimum atomic E-state index is -0.242. The van der Waals surface area contributed by atoms with Crippen LogP contribution in [0.5, 0.6) is 0 Å². The lowest BCUT2D eigenvalue weighted by atomic mass is 10.1. The molecule has 2 aromatic carbocycles. The van der Waals surface area contributed by atoms with Crippen molar-refractivity contribution in [3.63, 3.8) is 0 Å². The lowest BCUT2D eigenvalue weighted by molar-refractivity contribution is -0.0757. The Morgan fingerprint density at radius 2 is 1.48 bits per heavy atom. The van der Waals surface area contributed by atoms with Crippen LogP contribution in [0.2, 0.25) is 0 Å². The number of fused-ring (bicyclic) bond motifs is 1. The second kappa shape index (κ2) is 13.0. The van der Waals surface area contributed by atoms with Gasteiger partial charge in [-0.25, -0.2) is 14.9 Å². The van der Waals surface area contributed by atoms with Gasteiger partial charge >= 0.3 is 5.69 Å². The van der Waals surface area contributed by atoms with E-state index in [1.54, 1.807) is 38.4 Å². The highest BCUT2D eigenvalue weighted by Gasteiger charge is 2.22. The Morgan fingerprint density at radius 1 is 0.925 bits per heavy atom. The molecule has 218 valence electrons. The molecule has 3 aromatic rings. The van der Waals surface area contributed by atoms with Crippen molar-refractivity contribution in [1.82, 2.24) is 19.7 Å². The van der Waals surface area contributed by atoms with Gasteiger partial charge in [0.2, 0.25) is 0 Å². The van der Waals surface area contributed by atoms with E-state index in [1.165, 1.54) is 57.8 Å². The normalized spacial score (nSPS) is 15.6. The van der Waals surface area contributed by atoms with Gasteiger partial charge in [0.1, 0.15) is 0 Å². The molecule has 2 saturated carbocycles. The van der Waals surface area contributed by atoms with Gasteiger partial charge in [-0.15, -0.1) is 0 Å². The fraction of sp³-hybridized carbons (Fsp3) is 0.483. The minimum Gasteiger partial charge on any atom is -0.397 e. The molecule has 1 aromatic heterocycles. The Kier molecular flexibility index (Phi) is 9.49. The van der Waals surface area contributed by atoms with Crippen LogP contribution in [-0.2, 0) is 9.68 Å². The highest BCUT2D eigenvalue weighted by Crippen LogP contribution is 2.31. The van der Waals surface area contributed by atoms with E-state index >= 15 is 0 Å². The molecule has 0 unspecified atom stereocenters. The van der Waals surface area contributed by atoms with Gasteiger partial charge in [-0.05, 0) is 62.1 Å². The van der Waals surface area contributed by atoms with Gasteiger partial charge in [0.25, 0.3) is 11.8 Å². The van der Waals surface area contributed by atoms with Crippen molar-refractivity contribution >= 4 is 34.2 Å². The first-order valence-electron chi connectivity index (χ1n) is 13.8. The number of aromatic nitrogens is 2. The molecule has 0 radical (unpaired) electrons. The molecule has 2 aliphatic carbocycles. The number of nitrogen functional groups attached to an aromatic ring is 1. The van der Waals surface area contributed by atoms with E-state index < -0.39 is 0 Å². The summed E-state index contributed by atoms with van der Waals surface area (Å²) in [4.78, 5) is 48.8. The molecule has 0 atom stereocenters. The predicted octanol–water partition coefficient (Wildman–Crippen LogP) is 4.58. The Hall–Kier alpha value is -3.83. The Bertz CT molecular complexity index is 1390. The number of nitrogens with two attached hydrogens (primary N) is 1. The van der Waals surface area contributed by atoms with E-state index in [0.29, 0.717) is 28.4 Å². The molecule has 0 aliphatic heterocycles. The average molecular weight is 555 g/mol. The molecular formula is C29H42N6O5. The molecule has 40 heavy (non-hydrogen) atoms. The van der Waals surface area contributed by atoms with Crippen LogP contribution in [0, 0.1) is 0 Å². The van der Waals surface area contributed by atoms with Crippen LogP contribution in [0.15, 0.2) is 41.2 Å². The van der Waals surface area contributed by atoms with Gasteiger partial charge < -0.3 is 16.0 Å². The number of imidazole rings is 1. The molecule has 2 aliphatic rings. The first-order valence-corrected chi connectivity index (χ1v) is 13.8. The summed E-state index contributed by atoms with van der Waals surface area (Å²) in [6, 6.07) is 11.4. The molecule has 0 bridgehead atoms. The number of benzene rings is 2. The molecule has 4 N–H and O–H groups in total. The Morgan fingerprint density at radius 3 is 2.05 bits per heavy atom. The number of H-pyrrole nitrogens is 1. The van der Waals surface area contributed by atoms with Crippen LogP contribution >= 0.6 is 0 Å². The van der Waals surface area contributed by atoms with Crippen LogP contribution in [-0.4, -0.2) is 65.8 Å². The molecule has 0 saturated heterocycles. The smallest absolute Gasteiger partial charge is 0.326 e. The van der Waals surface area contributed by atoms with E-state index in [2.05, 4.69) is 10.3 Å². The van der Waals surface area contributed by atoms with Crippen molar-refractivity contribution < 1.29 is 20.7 Å². The second-order valence-electron chi connectivity index (χ2n) is 10.4. The van der Waals surface area contributed by atoms with Crippen LogP contribution < -0.4 is 16.7 Å². The molecular weight excluding hydrogens is 512 g/mol. The molecule has 5 rings (SSSR count). The van der Waals surface area contributed by atoms with Crippen molar-refractivity contribution in [2.45, 2.75) is 63.5 Å². The topological polar surface area (TPSA) is 135 Å². The molecule has 11 nitrogen and oxygen atoms in total. The summed E-state index contributed by atoms with van der Waals surface area (Å²) < 4.78 is 1.83. The van der Waals surface area contributed by atoms with Crippen molar-refractivity contribution in [3.8, 4) is 0 Å². The van der Waals surface area contributed by atoms with E-state index in [9.17, 15) is 14.4 Å². The van der Waals surface area contributed by atoms with Crippen LogP contribution in [0.1, 0.15) is 79.6 Å².